The van der Waals surface area contributed by atoms with Crippen molar-refractivity contribution in [2.75, 3.05) is 5.32 Å². The Labute approximate surface area is 186 Å². The average molecular weight is 447 g/mol. The fraction of sp³-hybridized carbons (Fsp3) is 0.0435. The first-order valence-electron chi connectivity index (χ1n) is 9.63. The smallest absolute Gasteiger partial charge is 0.297 e. The highest BCUT2D eigenvalue weighted by Crippen LogP contribution is 2.24. The van der Waals surface area contributed by atoms with Gasteiger partial charge in [-0.3, -0.25) is 14.2 Å². The molecule has 0 unspecified atom stereocenters. The van der Waals surface area contributed by atoms with Crippen LogP contribution in [0.25, 0.3) is 22.1 Å². The molecule has 0 spiro atoms. The van der Waals surface area contributed by atoms with Crippen LogP contribution >= 0.6 is 11.6 Å². The lowest BCUT2D eigenvalue weighted by atomic mass is 10.2. The molecular weight excluding hydrogens is 432 g/mol. The normalized spacial score (nSPS) is 11.0. The summed E-state index contributed by atoms with van der Waals surface area (Å²) in [4.78, 5) is 33.7. The van der Waals surface area contributed by atoms with E-state index in [0.717, 1.165) is 5.39 Å². The summed E-state index contributed by atoms with van der Waals surface area (Å²) >= 11 is 5.86. The molecule has 0 bridgehead atoms. The summed E-state index contributed by atoms with van der Waals surface area (Å²) in [5, 5.41) is 4.06. The van der Waals surface area contributed by atoms with Gasteiger partial charge < -0.3 is 14.5 Å². The predicted molar refractivity (Wildman–Crippen MR) is 120 cm³/mol. The lowest BCUT2D eigenvalue weighted by Gasteiger charge is -2.08. The number of hydrogen-bond acceptors (Lipinski definition) is 6. The number of hydrogen-bond donors (Lipinski definition) is 1. The van der Waals surface area contributed by atoms with Crippen molar-refractivity contribution in [1.82, 2.24) is 14.5 Å². The molecule has 9 heteroatoms. The van der Waals surface area contributed by atoms with Crippen molar-refractivity contribution in [1.29, 1.82) is 0 Å². The Balaban J connectivity index is 1.28. The van der Waals surface area contributed by atoms with Crippen LogP contribution < -0.4 is 15.6 Å². The van der Waals surface area contributed by atoms with Gasteiger partial charge >= 0.3 is 0 Å². The van der Waals surface area contributed by atoms with E-state index in [2.05, 4.69) is 15.3 Å². The summed E-state index contributed by atoms with van der Waals surface area (Å²) in [5.41, 5.74) is 1.20. The molecule has 0 fully saturated rings. The molecule has 5 aromatic rings. The Morgan fingerprint density at radius 3 is 2.66 bits per heavy atom. The molecule has 3 heterocycles. The maximum absolute atomic E-state index is 12.7. The molecule has 0 radical (unpaired) electrons. The maximum Gasteiger partial charge on any atom is 0.297 e. The van der Waals surface area contributed by atoms with Gasteiger partial charge in [0.25, 0.3) is 5.56 Å². The predicted octanol–water partition coefficient (Wildman–Crippen LogP) is 4.62. The van der Waals surface area contributed by atoms with Crippen molar-refractivity contribution in [2.45, 2.75) is 6.54 Å². The van der Waals surface area contributed by atoms with Gasteiger partial charge in [-0.05, 0) is 42.5 Å². The van der Waals surface area contributed by atoms with Crippen LogP contribution in [0, 0.1) is 0 Å². The van der Waals surface area contributed by atoms with E-state index in [1.807, 2.05) is 18.2 Å². The van der Waals surface area contributed by atoms with Crippen molar-refractivity contribution in [2.24, 2.45) is 0 Å². The number of nitrogens with zero attached hydrogens (tertiary/aromatic N) is 3. The van der Waals surface area contributed by atoms with Crippen LogP contribution in [0.2, 0.25) is 5.02 Å². The molecule has 0 aliphatic carbocycles. The number of anilines is 1. The highest BCUT2D eigenvalue weighted by Gasteiger charge is 2.14. The third-order valence-electron chi connectivity index (χ3n) is 4.72. The molecule has 2 aromatic carbocycles. The number of para-hydroxylation sites is 1. The molecule has 3 aromatic heterocycles. The number of benzene rings is 2. The van der Waals surface area contributed by atoms with Crippen LogP contribution in [0.15, 0.2) is 82.4 Å². The number of amides is 1. The standard InChI is InChI=1S/C23H15ClN4O4/c24-14-5-8-16(9-6-14)31-20-10-7-15(11-25-20)27-19(29)12-28-13-26-21-17-3-1-2-4-18(17)32-22(21)23(28)30/h1-11,13H,12H2,(H,27,29). The van der Waals surface area contributed by atoms with Crippen LogP contribution in [0.4, 0.5) is 5.69 Å². The second kappa shape index (κ2) is 8.16. The van der Waals surface area contributed by atoms with Crippen molar-refractivity contribution in [3.8, 4) is 11.6 Å². The van der Waals surface area contributed by atoms with E-state index in [4.69, 9.17) is 20.8 Å². The minimum absolute atomic E-state index is 0.117. The minimum atomic E-state index is -0.425. The first-order chi connectivity index (χ1) is 15.6. The van der Waals surface area contributed by atoms with E-state index < -0.39 is 11.5 Å². The second-order valence-electron chi connectivity index (χ2n) is 6.94. The van der Waals surface area contributed by atoms with Gasteiger partial charge in [0.05, 0.1) is 18.2 Å². The van der Waals surface area contributed by atoms with Crippen molar-refractivity contribution in [3.05, 3.63) is 88.6 Å². The molecule has 0 atom stereocenters. The van der Waals surface area contributed by atoms with E-state index >= 15 is 0 Å². The first-order valence-corrected chi connectivity index (χ1v) is 10.0. The minimum Gasteiger partial charge on any atom is -0.448 e. The zero-order chi connectivity index (χ0) is 22.1. The van der Waals surface area contributed by atoms with Crippen molar-refractivity contribution in [3.63, 3.8) is 0 Å². The Bertz CT molecular complexity index is 1490. The van der Waals surface area contributed by atoms with Gasteiger partial charge in [-0.15, -0.1) is 0 Å². The molecule has 1 amide bonds. The number of rotatable bonds is 5. The number of ether oxygens (including phenoxy) is 1. The summed E-state index contributed by atoms with van der Waals surface area (Å²) in [6.07, 6.45) is 2.81. The highest BCUT2D eigenvalue weighted by molar-refractivity contribution is 6.30. The third-order valence-corrected chi connectivity index (χ3v) is 4.97. The lowest BCUT2D eigenvalue weighted by Crippen LogP contribution is -2.27. The zero-order valence-electron chi connectivity index (χ0n) is 16.5. The largest absolute Gasteiger partial charge is 0.448 e. The van der Waals surface area contributed by atoms with E-state index in [-0.39, 0.29) is 12.1 Å². The van der Waals surface area contributed by atoms with Crippen LogP contribution in [0.1, 0.15) is 0 Å². The monoisotopic (exact) mass is 446 g/mol. The van der Waals surface area contributed by atoms with E-state index in [1.165, 1.54) is 17.1 Å². The summed E-state index contributed by atoms with van der Waals surface area (Å²) < 4.78 is 12.5. The topological polar surface area (TPSA) is 99.2 Å². The van der Waals surface area contributed by atoms with Crippen LogP contribution in [0.3, 0.4) is 0 Å². The van der Waals surface area contributed by atoms with Gasteiger partial charge in [0, 0.05) is 16.5 Å². The number of carbonyl (C=O) groups is 1. The highest BCUT2D eigenvalue weighted by atomic mass is 35.5. The molecule has 5 rings (SSSR count). The summed E-state index contributed by atoms with van der Waals surface area (Å²) in [5.74, 6) is 0.546. The number of carbonyl (C=O) groups excluding carboxylic acids is 1. The number of furan rings is 1. The summed E-state index contributed by atoms with van der Waals surface area (Å²) in [6, 6.07) is 17.4. The summed E-state index contributed by atoms with van der Waals surface area (Å²) in [6.45, 7) is -0.220. The number of nitrogens with one attached hydrogen (secondary N) is 1. The van der Waals surface area contributed by atoms with E-state index in [0.29, 0.717) is 33.4 Å². The zero-order valence-corrected chi connectivity index (χ0v) is 17.2. The van der Waals surface area contributed by atoms with Crippen LogP contribution in [-0.2, 0) is 11.3 Å². The molecule has 0 aliphatic rings. The van der Waals surface area contributed by atoms with Gasteiger partial charge in [0.2, 0.25) is 17.4 Å². The Morgan fingerprint density at radius 2 is 1.88 bits per heavy atom. The molecule has 0 saturated heterocycles. The third kappa shape index (κ3) is 3.91. The van der Waals surface area contributed by atoms with Gasteiger partial charge in [-0.2, -0.15) is 0 Å². The molecular formula is C23H15ClN4O4. The SMILES string of the molecule is O=C(Cn1cnc2c(oc3ccccc32)c1=O)Nc1ccc(Oc2ccc(Cl)cc2)nc1. The Kier molecular flexibility index (Phi) is 5.04. The molecule has 0 aliphatic heterocycles. The fourth-order valence-electron chi connectivity index (χ4n) is 3.22. The van der Waals surface area contributed by atoms with E-state index in [9.17, 15) is 9.59 Å². The Hall–Kier alpha value is -4.17. The number of pyridine rings is 1. The van der Waals surface area contributed by atoms with Crippen LogP contribution in [0.5, 0.6) is 11.6 Å². The van der Waals surface area contributed by atoms with Crippen molar-refractivity contribution < 1.29 is 13.9 Å². The maximum atomic E-state index is 12.7. The molecule has 8 nitrogen and oxygen atoms in total. The number of aromatic nitrogens is 3. The second-order valence-corrected chi connectivity index (χ2v) is 7.38. The molecule has 158 valence electrons. The van der Waals surface area contributed by atoms with Gasteiger partial charge in [0.1, 0.15) is 23.4 Å². The first kappa shape index (κ1) is 19.8. The molecule has 1 N–H and O–H groups in total. The Morgan fingerprint density at radius 1 is 1.06 bits per heavy atom. The molecule has 0 saturated carbocycles. The average Bonchev–Trinajstić information content (AvgIpc) is 3.18. The number of fused-ring (bicyclic) bond motifs is 3. The van der Waals surface area contributed by atoms with Crippen molar-refractivity contribution >= 4 is 45.3 Å². The van der Waals surface area contributed by atoms with E-state index in [1.54, 1.807) is 42.5 Å². The fourth-order valence-corrected chi connectivity index (χ4v) is 3.35. The quantitative estimate of drug-likeness (QED) is 0.423. The van der Waals surface area contributed by atoms with Crippen LogP contribution in [-0.4, -0.2) is 20.4 Å². The molecule has 32 heavy (non-hydrogen) atoms. The van der Waals surface area contributed by atoms with Gasteiger partial charge in [-0.25, -0.2) is 9.97 Å². The van der Waals surface area contributed by atoms with Gasteiger partial charge in [0.15, 0.2) is 0 Å². The lowest BCUT2D eigenvalue weighted by molar-refractivity contribution is -0.116. The summed E-state index contributed by atoms with van der Waals surface area (Å²) in [7, 11) is 0. The number of halogens is 1. The van der Waals surface area contributed by atoms with Gasteiger partial charge in [-0.1, -0.05) is 23.7 Å².